The van der Waals surface area contributed by atoms with E-state index in [-0.39, 0.29) is 5.91 Å². The molecular formula is C13H21N3O. The van der Waals surface area contributed by atoms with Crippen LogP contribution in [0.2, 0.25) is 0 Å². The van der Waals surface area contributed by atoms with Crippen molar-refractivity contribution in [3.8, 4) is 0 Å². The van der Waals surface area contributed by atoms with Gasteiger partial charge in [0.25, 0.3) is 0 Å². The molecule has 1 amide bonds. The first-order valence-electron chi connectivity index (χ1n) is 6.37. The number of aryl methyl sites for hydroxylation is 1. The third kappa shape index (κ3) is 2.69. The van der Waals surface area contributed by atoms with Crippen molar-refractivity contribution in [2.45, 2.75) is 38.8 Å². The molecule has 1 aliphatic rings. The molecule has 0 spiro atoms. The zero-order valence-electron chi connectivity index (χ0n) is 10.6. The first-order chi connectivity index (χ1) is 8.24. The Balaban J connectivity index is 2.15. The van der Waals surface area contributed by atoms with Gasteiger partial charge >= 0.3 is 0 Å². The van der Waals surface area contributed by atoms with Crippen molar-refractivity contribution in [2.24, 2.45) is 0 Å². The van der Waals surface area contributed by atoms with Gasteiger partial charge in [-0.15, -0.1) is 0 Å². The Hall–Kier alpha value is -1.29. The molecule has 1 aromatic rings. The molecular weight excluding hydrogens is 214 g/mol. The summed E-state index contributed by atoms with van der Waals surface area (Å²) in [5.41, 5.74) is 2.77. The van der Waals surface area contributed by atoms with Gasteiger partial charge in [-0.1, -0.05) is 6.92 Å². The number of carbonyl (C=O) groups is 1. The van der Waals surface area contributed by atoms with Crippen LogP contribution in [0.25, 0.3) is 0 Å². The third-order valence-electron chi connectivity index (χ3n) is 3.37. The van der Waals surface area contributed by atoms with Crippen molar-refractivity contribution in [1.29, 1.82) is 0 Å². The van der Waals surface area contributed by atoms with Crippen LogP contribution in [0.5, 0.6) is 0 Å². The highest BCUT2D eigenvalue weighted by atomic mass is 16.1. The summed E-state index contributed by atoms with van der Waals surface area (Å²) in [5, 5.41) is 6.16. The van der Waals surface area contributed by atoms with E-state index in [1.54, 1.807) is 7.05 Å². The SMILES string of the molecule is CCNC1CCCc2cn(CC(=O)NC)cc21. The van der Waals surface area contributed by atoms with Gasteiger partial charge in [-0.2, -0.15) is 0 Å². The minimum Gasteiger partial charge on any atom is -0.358 e. The average molecular weight is 235 g/mol. The summed E-state index contributed by atoms with van der Waals surface area (Å²) in [6.07, 6.45) is 7.81. The highest BCUT2D eigenvalue weighted by molar-refractivity contribution is 5.75. The fourth-order valence-corrected chi connectivity index (χ4v) is 2.54. The molecule has 0 fully saturated rings. The molecule has 1 aromatic heterocycles. The second-order valence-electron chi connectivity index (χ2n) is 4.59. The molecule has 1 heterocycles. The lowest BCUT2D eigenvalue weighted by molar-refractivity contribution is -0.121. The maximum atomic E-state index is 11.4. The fraction of sp³-hybridized carbons (Fsp3) is 0.615. The molecule has 4 heteroatoms. The molecule has 0 aliphatic heterocycles. The van der Waals surface area contributed by atoms with E-state index in [4.69, 9.17) is 0 Å². The number of fused-ring (bicyclic) bond motifs is 1. The van der Waals surface area contributed by atoms with Crippen LogP contribution >= 0.6 is 0 Å². The quantitative estimate of drug-likeness (QED) is 0.824. The molecule has 2 N–H and O–H groups in total. The van der Waals surface area contributed by atoms with Crippen LogP contribution < -0.4 is 10.6 Å². The molecule has 1 unspecified atom stereocenters. The van der Waals surface area contributed by atoms with Gasteiger partial charge in [0.05, 0.1) is 0 Å². The van der Waals surface area contributed by atoms with Crippen LogP contribution in [0.4, 0.5) is 0 Å². The number of aromatic nitrogens is 1. The van der Waals surface area contributed by atoms with E-state index in [1.165, 1.54) is 24.0 Å². The molecule has 2 rings (SSSR count). The van der Waals surface area contributed by atoms with E-state index in [0.717, 1.165) is 13.0 Å². The standard InChI is InChI=1S/C13H21N3O/c1-3-15-12-6-4-5-10-7-16(8-11(10)12)9-13(17)14-2/h7-8,12,15H,3-6,9H2,1-2H3,(H,14,17). The van der Waals surface area contributed by atoms with Crippen molar-refractivity contribution in [3.05, 3.63) is 23.5 Å². The molecule has 0 aromatic carbocycles. The molecule has 0 saturated carbocycles. The Morgan fingerprint density at radius 3 is 3.06 bits per heavy atom. The number of nitrogens with zero attached hydrogens (tertiary/aromatic N) is 1. The highest BCUT2D eigenvalue weighted by Gasteiger charge is 2.21. The van der Waals surface area contributed by atoms with Crippen LogP contribution in [0.1, 0.15) is 36.9 Å². The molecule has 0 radical (unpaired) electrons. The van der Waals surface area contributed by atoms with Crippen LogP contribution in [0.15, 0.2) is 12.4 Å². The fourth-order valence-electron chi connectivity index (χ4n) is 2.54. The predicted molar refractivity (Wildman–Crippen MR) is 67.9 cm³/mol. The molecule has 94 valence electrons. The Morgan fingerprint density at radius 1 is 1.53 bits per heavy atom. The first-order valence-corrected chi connectivity index (χ1v) is 6.37. The van der Waals surface area contributed by atoms with Crippen molar-refractivity contribution in [3.63, 3.8) is 0 Å². The smallest absolute Gasteiger partial charge is 0.239 e. The van der Waals surface area contributed by atoms with Crippen LogP contribution in [0.3, 0.4) is 0 Å². The van der Waals surface area contributed by atoms with E-state index in [9.17, 15) is 4.79 Å². The zero-order chi connectivity index (χ0) is 12.3. The second-order valence-corrected chi connectivity index (χ2v) is 4.59. The minimum absolute atomic E-state index is 0.0531. The second kappa shape index (κ2) is 5.36. The van der Waals surface area contributed by atoms with Gasteiger partial charge in [0.2, 0.25) is 5.91 Å². The van der Waals surface area contributed by atoms with E-state index in [0.29, 0.717) is 12.6 Å². The van der Waals surface area contributed by atoms with Gasteiger partial charge in [-0.25, -0.2) is 0 Å². The van der Waals surface area contributed by atoms with Crippen molar-refractivity contribution >= 4 is 5.91 Å². The topological polar surface area (TPSA) is 46.1 Å². The van der Waals surface area contributed by atoms with Gasteiger partial charge < -0.3 is 15.2 Å². The van der Waals surface area contributed by atoms with Crippen LogP contribution in [-0.4, -0.2) is 24.1 Å². The summed E-state index contributed by atoms with van der Waals surface area (Å²) >= 11 is 0. The molecule has 4 nitrogen and oxygen atoms in total. The predicted octanol–water partition coefficient (Wildman–Crippen LogP) is 1.22. The number of amides is 1. The number of hydrogen-bond donors (Lipinski definition) is 2. The summed E-state index contributed by atoms with van der Waals surface area (Å²) in [6, 6.07) is 0.467. The zero-order valence-corrected chi connectivity index (χ0v) is 10.6. The van der Waals surface area contributed by atoms with Crippen molar-refractivity contribution < 1.29 is 4.79 Å². The van der Waals surface area contributed by atoms with Crippen molar-refractivity contribution in [1.82, 2.24) is 15.2 Å². The van der Waals surface area contributed by atoms with E-state index in [1.807, 2.05) is 4.57 Å². The number of likely N-dealkylation sites (N-methyl/N-ethyl adjacent to an activating group) is 1. The largest absolute Gasteiger partial charge is 0.358 e. The molecule has 1 atom stereocenters. The van der Waals surface area contributed by atoms with Crippen molar-refractivity contribution in [2.75, 3.05) is 13.6 Å². The van der Waals surface area contributed by atoms with Crippen LogP contribution in [0, 0.1) is 0 Å². The summed E-state index contributed by atoms with van der Waals surface area (Å²) in [6.45, 7) is 3.54. The number of carbonyl (C=O) groups excluding carboxylic acids is 1. The monoisotopic (exact) mass is 235 g/mol. The van der Waals surface area contributed by atoms with Crippen LogP contribution in [-0.2, 0) is 17.8 Å². The first kappa shape index (κ1) is 12.2. The average Bonchev–Trinajstić information content (AvgIpc) is 2.72. The maximum absolute atomic E-state index is 11.4. The normalized spacial score (nSPS) is 18.8. The summed E-state index contributed by atoms with van der Waals surface area (Å²) in [4.78, 5) is 11.4. The Kier molecular flexibility index (Phi) is 3.84. The molecule has 0 bridgehead atoms. The highest BCUT2D eigenvalue weighted by Crippen LogP contribution is 2.30. The van der Waals surface area contributed by atoms with Gasteiger partial charge in [0.15, 0.2) is 0 Å². The van der Waals surface area contributed by atoms with Gasteiger partial charge in [-0.05, 0) is 36.9 Å². The van der Waals surface area contributed by atoms with E-state index in [2.05, 4.69) is 30.0 Å². The minimum atomic E-state index is 0.0531. The van der Waals surface area contributed by atoms with E-state index >= 15 is 0 Å². The van der Waals surface area contributed by atoms with Gasteiger partial charge in [0.1, 0.15) is 6.54 Å². The summed E-state index contributed by atoms with van der Waals surface area (Å²) in [5.74, 6) is 0.0531. The molecule has 0 saturated heterocycles. The summed E-state index contributed by atoms with van der Waals surface area (Å²) < 4.78 is 2.00. The lowest BCUT2D eigenvalue weighted by atomic mass is 9.91. The van der Waals surface area contributed by atoms with Gasteiger partial charge in [-0.3, -0.25) is 4.79 Å². The molecule has 17 heavy (non-hydrogen) atoms. The summed E-state index contributed by atoms with van der Waals surface area (Å²) in [7, 11) is 1.67. The third-order valence-corrected chi connectivity index (χ3v) is 3.37. The van der Waals surface area contributed by atoms with Gasteiger partial charge in [0, 0.05) is 25.5 Å². The lowest BCUT2D eigenvalue weighted by Crippen LogP contribution is -2.24. The Labute approximate surface area is 102 Å². The number of rotatable bonds is 4. The number of nitrogens with one attached hydrogen (secondary N) is 2. The Bertz CT molecular complexity index is 397. The van der Waals surface area contributed by atoms with E-state index < -0.39 is 0 Å². The Morgan fingerprint density at radius 2 is 2.35 bits per heavy atom. The maximum Gasteiger partial charge on any atom is 0.239 e. The number of hydrogen-bond acceptors (Lipinski definition) is 2. The lowest BCUT2D eigenvalue weighted by Gasteiger charge is -2.22. The molecule has 1 aliphatic carbocycles.